The summed E-state index contributed by atoms with van der Waals surface area (Å²) < 4.78 is 8.69. The predicted molar refractivity (Wildman–Crippen MR) is 95.1 cm³/mol. The Morgan fingerprint density at radius 2 is 1.19 bits per heavy atom. The number of hydrogen-bond donors (Lipinski definition) is 0. The van der Waals surface area contributed by atoms with Crippen LogP contribution in [0.4, 0.5) is 0 Å². The van der Waals surface area contributed by atoms with Crippen molar-refractivity contribution in [3.8, 4) is 0 Å². The van der Waals surface area contributed by atoms with Crippen LogP contribution in [-0.4, -0.2) is 61.8 Å². The molecule has 4 heteroatoms. The summed E-state index contributed by atoms with van der Waals surface area (Å²) in [5.41, 5.74) is 0. The second-order valence-corrected chi connectivity index (χ2v) is 14.4. The van der Waals surface area contributed by atoms with E-state index in [1.165, 1.54) is 32.6 Å². The maximum atomic E-state index is 2.95. The Kier molecular flexibility index (Phi) is 8.54. The molecule has 21 heavy (non-hydrogen) atoms. The second kappa shape index (κ2) is 9.09. The summed E-state index contributed by atoms with van der Waals surface area (Å²) in [4.78, 5) is 0. The minimum atomic E-state index is -1.78. The minimum absolute atomic E-state index is 0.735. The zero-order valence-corrected chi connectivity index (χ0v) is 18.5. The molecule has 0 amide bonds. The average Bonchev–Trinajstić information content (AvgIpc) is 2.40. The normalized spacial score (nSPS) is 21.3. The Morgan fingerprint density at radius 3 is 1.48 bits per heavy atom. The summed E-state index contributed by atoms with van der Waals surface area (Å²) in [6.07, 6.45) is 2.55. The van der Waals surface area contributed by atoms with Gasteiger partial charge in [0.25, 0.3) is 0 Å². The molecule has 1 aliphatic rings. The molecule has 0 aromatic carbocycles. The van der Waals surface area contributed by atoms with Crippen molar-refractivity contribution < 1.29 is 0 Å². The number of nitrogens with zero attached hydrogens (tertiary/aromatic N) is 3. The molecule has 1 saturated heterocycles. The molecule has 0 aliphatic carbocycles. The van der Waals surface area contributed by atoms with Crippen LogP contribution in [0.1, 0.15) is 68.2 Å². The van der Waals surface area contributed by atoms with Crippen molar-refractivity contribution >= 4 is 20.6 Å². The van der Waals surface area contributed by atoms with E-state index in [1.807, 2.05) is 0 Å². The fraction of sp³-hybridized carbons (Fsp3) is 1.00. The van der Waals surface area contributed by atoms with Gasteiger partial charge in [-0.1, -0.05) is 0 Å². The van der Waals surface area contributed by atoms with Crippen LogP contribution in [0.5, 0.6) is 0 Å². The first kappa shape index (κ1) is 19.7. The summed E-state index contributed by atoms with van der Waals surface area (Å²) in [5.74, 6) is 1.58. The van der Waals surface area contributed by atoms with Crippen LogP contribution in [0.25, 0.3) is 0 Å². The zero-order chi connectivity index (χ0) is 16.2. The van der Waals surface area contributed by atoms with Crippen molar-refractivity contribution in [2.45, 2.75) is 80.3 Å². The molecule has 0 N–H and O–H groups in total. The second-order valence-electron chi connectivity index (χ2n) is 7.60. The van der Waals surface area contributed by atoms with Crippen LogP contribution in [-0.2, 0) is 0 Å². The number of rotatable bonds is 9. The molecule has 0 bridgehead atoms. The van der Waals surface area contributed by atoms with E-state index >= 15 is 0 Å². The van der Waals surface area contributed by atoms with E-state index in [-0.39, 0.29) is 0 Å². The molecule has 1 heterocycles. The van der Waals surface area contributed by atoms with Crippen LogP contribution in [0.2, 0.25) is 0 Å². The van der Waals surface area contributed by atoms with Crippen LogP contribution in [0, 0.1) is 11.8 Å². The Balaban J connectivity index is 2.88. The van der Waals surface area contributed by atoms with E-state index in [4.69, 9.17) is 0 Å². The van der Waals surface area contributed by atoms with Gasteiger partial charge >= 0.3 is 142 Å². The Labute approximate surface area is 141 Å². The van der Waals surface area contributed by atoms with Gasteiger partial charge in [0.2, 0.25) is 0 Å². The molecule has 2 unspecified atom stereocenters. The van der Waals surface area contributed by atoms with E-state index in [2.05, 4.69) is 64.8 Å². The summed E-state index contributed by atoms with van der Waals surface area (Å²) in [5, 5.41) is 0. The average molecular weight is 403 g/mol. The van der Waals surface area contributed by atoms with E-state index in [9.17, 15) is 0 Å². The molecule has 1 aliphatic heterocycles. The molecule has 0 aromatic heterocycles. The van der Waals surface area contributed by atoms with E-state index in [1.54, 1.807) is 0 Å². The van der Waals surface area contributed by atoms with Gasteiger partial charge in [-0.2, -0.15) is 0 Å². The predicted octanol–water partition coefficient (Wildman–Crippen LogP) is 3.76. The first-order valence-electron chi connectivity index (χ1n) is 8.96. The molecule has 0 aromatic rings. The van der Waals surface area contributed by atoms with Crippen molar-refractivity contribution in [3.63, 3.8) is 0 Å². The van der Waals surface area contributed by atoms with Gasteiger partial charge in [0.05, 0.1) is 0 Å². The summed E-state index contributed by atoms with van der Waals surface area (Å²) in [6, 6.07) is 1.47. The standard InChI is InChI=1S/C9H20N2.C8H18N.Sn/c1-8(2)5-10-7-11-6-9(3)4;1-5-7(3)9-8(4)6-2;/h8-9H,5-7H2,1-4H3;7-8H,5-6H2,1-4H3;/q-2;-1;+3. The first-order valence-corrected chi connectivity index (χ1v) is 12.8. The van der Waals surface area contributed by atoms with Gasteiger partial charge in [0, 0.05) is 0 Å². The van der Waals surface area contributed by atoms with Gasteiger partial charge in [-0.05, 0) is 0 Å². The molecule has 125 valence electrons. The van der Waals surface area contributed by atoms with Gasteiger partial charge in [-0.3, -0.25) is 0 Å². The fourth-order valence-electron chi connectivity index (χ4n) is 3.16. The zero-order valence-electron chi connectivity index (χ0n) is 15.7. The Morgan fingerprint density at radius 1 is 0.810 bits per heavy atom. The van der Waals surface area contributed by atoms with Gasteiger partial charge in [0.15, 0.2) is 0 Å². The molecule has 1 fully saturated rings. The van der Waals surface area contributed by atoms with E-state index in [0.29, 0.717) is 0 Å². The summed E-state index contributed by atoms with van der Waals surface area (Å²) >= 11 is -1.78. The summed E-state index contributed by atoms with van der Waals surface area (Å²) in [6.45, 7) is 22.9. The topological polar surface area (TPSA) is 9.72 Å². The third-order valence-corrected chi connectivity index (χ3v) is 13.4. The third-order valence-electron chi connectivity index (χ3n) is 4.44. The molecule has 0 saturated carbocycles. The summed E-state index contributed by atoms with van der Waals surface area (Å²) in [7, 11) is 0. The maximum absolute atomic E-state index is 2.95. The van der Waals surface area contributed by atoms with Crippen LogP contribution in [0.15, 0.2) is 0 Å². The molecule has 1 rings (SSSR count). The SMILES string of the molecule is CCC(C)[N](C(C)CC)[Sn]1[N](CC(C)C)C[N]1CC(C)C. The molecular formula is C17H38N3Sn. The van der Waals surface area contributed by atoms with Crippen molar-refractivity contribution in [1.82, 2.24) is 9.36 Å². The third kappa shape index (κ3) is 5.36. The quantitative estimate of drug-likeness (QED) is 0.543. The first-order chi connectivity index (χ1) is 9.81. The Hall–Kier alpha value is 0.679. The monoisotopic (exact) mass is 404 g/mol. The number of hydrogen-bond acceptors (Lipinski definition) is 3. The van der Waals surface area contributed by atoms with E-state index < -0.39 is 20.6 Å². The van der Waals surface area contributed by atoms with Crippen molar-refractivity contribution in [3.05, 3.63) is 0 Å². The molecular weight excluding hydrogens is 365 g/mol. The van der Waals surface area contributed by atoms with Crippen LogP contribution < -0.4 is 0 Å². The van der Waals surface area contributed by atoms with Crippen molar-refractivity contribution in [2.75, 3.05) is 19.8 Å². The molecule has 3 nitrogen and oxygen atoms in total. The molecule has 1 radical (unpaired) electrons. The van der Waals surface area contributed by atoms with Crippen molar-refractivity contribution in [1.29, 1.82) is 0 Å². The van der Waals surface area contributed by atoms with Gasteiger partial charge < -0.3 is 0 Å². The van der Waals surface area contributed by atoms with Crippen LogP contribution in [0.3, 0.4) is 0 Å². The molecule has 2 atom stereocenters. The molecule has 0 spiro atoms. The Bertz CT molecular complexity index is 270. The van der Waals surface area contributed by atoms with E-state index in [0.717, 1.165) is 23.9 Å². The van der Waals surface area contributed by atoms with Gasteiger partial charge in [-0.15, -0.1) is 0 Å². The van der Waals surface area contributed by atoms with Gasteiger partial charge in [-0.25, -0.2) is 0 Å². The fourth-order valence-corrected chi connectivity index (χ4v) is 13.5. The van der Waals surface area contributed by atoms with Gasteiger partial charge in [0.1, 0.15) is 0 Å². The van der Waals surface area contributed by atoms with Crippen LogP contribution >= 0.6 is 0 Å². The van der Waals surface area contributed by atoms with Crippen molar-refractivity contribution in [2.24, 2.45) is 11.8 Å².